The van der Waals surface area contributed by atoms with E-state index in [1.165, 1.54) is 25.6 Å². The zero-order valence-electron chi connectivity index (χ0n) is 28.5. The molecule has 0 aliphatic rings. The van der Waals surface area contributed by atoms with Crippen molar-refractivity contribution in [3.8, 4) is 22.5 Å². The highest BCUT2D eigenvalue weighted by molar-refractivity contribution is 5.95. The molecule has 3 aromatic heterocycles. The van der Waals surface area contributed by atoms with Gasteiger partial charge < -0.3 is 34.0 Å². The van der Waals surface area contributed by atoms with Gasteiger partial charge >= 0.3 is 12.1 Å². The van der Waals surface area contributed by atoms with Crippen molar-refractivity contribution in [3.63, 3.8) is 0 Å². The molecule has 51 heavy (non-hydrogen) atoms. The molecular formula is C37H39F3N4O7. The first-order valence-corrected chi connectivity index (χ1v) is 16.2. The Kier molecular flexibility index (Phi) is 11.5. The van der Waals surface area contributed by atoms with Gasteiger partial charge in [-0.1, -0.05) is 50.2 Å². The van der Waals surface area contributed by atoms with Crippen LogP contribution in [0.1, 0.15) is 55.9 Å². The largest absolute Gasteiger partial charge is 0.480 e. The molecule has 0 saturated heterocycles. The first-order valence-electron chi connectivity index (χ1n) is 16.2. The number of halogens is 3. The van der Waals surface area contributed by atoms with Crippen LogP contribution in [-0.2, 0) is 33.7 Å². The number of amides is 1. The van der Waals surface area contributed by atoms with E-state index in [0.29, 0.717) is 27.8 Å². The van der Waals surface area contributed by atoms with Gasteiger partial charge in [-0.05, 0) is 54.2 Å². The van der Waals surface area contributed by atoms with Crippen molar-refractivity contribution in [2.45, 2.75) is 65.1 Å². The Labute approximate surface area is 292 Å². The Hall–Kier alpha value is -5.21. The Bertz CT molecular complexity index is 1980. The van der Waals surface area contributed by atoms with Crippen molar-refractivity contribution in [2.75, 3.05) is 13.7 Å². The Morgan fingerprint density at radius 3 is 2.49 bits per heavy atom. The van der Waals surface area contributed by atoms with Crippen LogP contribution >= 0.6 is 0 Å². The fourth-order valence-electron chi connectivity index (χ4n) is 5.79. The van der Waals surface area contributed by atoms with Crippen molar-refractivity contribution in [3.05, 3.63) is 95.8 Å². The summed E-state index contributed by atoms with van der Waals surface area (Å²) in [7, 11) is 1.48. The zero-order valence-corrected chi connectivity index (χ0v) is 28.5. The minimum Gasteiger partial charge on any atom is -0.480 e. The van der Waals surface area contributed by atoms with Crippen molar-refractivity contribution >= 4 is 23.0 Å². The average molecular weight is 709 g/mol. The number of carbonyl (C=O) groups excluding carboxylic acids is 1. The predicted molar refractivity (Wildman–Crippen MR) is 182 cm³/mol. The molecule has 5 rings (SSSR count). The van der Waals surface area contributed by atoms with Gasteiger partial charge in [0.1, 0.15) is 24.6 Å². The number of benzene rings is 2. The molecule has 270 valence electrons. The molecule has 3 heterocycles. The molecule has 0 aliphatic heterocycles. The molecule has 3 atom stereocenters. The summed E-state index contributed by atoms with van der Waals surface area (Å²) in [6, 6.07) is 15.5. The SMILES string of the molecule is CO[C@@H](C)c1ncccc1-c1c(CC(C)(C)CO)c2cc(-c3coc(CC(NC(=O)OCc4ccccc4)C(=O)O)n3)ccc2n1C(F)C(F)F. The van der Waals surface area contributed by atoms with Crippen LogP contribution in [0.3, 0.4) is 0 Å². The third-order valence-corrected chi connectivity index (χ3v) is 8.51. The van der Waals surface area contributed by atoms with Crippen molar-refractivity contribution < 1.29 is 46.9 Å². The molecule has 0 bridgehead atoms. The highest BCUT2D eigenvalue weighted by atomic mass is 19.3. The second-order valence-corrected chi connectivity index (χ2v) is 12.9. The summed E-state index contributed by atoms with van der Waals surface area (Å²) in [6.07, 6.45) is -4.87. The van der Waals surface area contributed by atoms with E-state index in [0.717, 1.165) is 10.1 Å². The number of aliphatic carboxylic acids is 1. The second-order valence-electron chi connectivity index (χ2n) is 12.9. The van der Waals surface area contributed by atoms with E-state index in [1.54, 1.807) is 69.3 Å². The molecule has 11 nitrogen and oxygen atoms in total. The van der Waals surface area contributed by atoms with Crippen molar-refractivity contribution in [1.29, 1.82) is 0 Å². The number of alkyl halides is 3. The molecule has 0 aliphatic carbocycles. The van der Waals surface area contributed by atoms with E-state index < -0.39 is 42.3 Å². The number of nitrogens with one attached hydrogen (secondary N) is 1. The van der Waals surface area contributed by atoms with Crippen LogP contribution in [0, 0.1) is 5.41 Å². The number of carbonyl (C=O) groups is 2. The summed E-state index contributed by atoms with van der Waals surface area (Å²) in [4.78, 5) is 33.3. The molecule has 0 spiro atoms. The second kappa shape index (κ2) is 15.8. The molecule has 14 heteroatoms. The van der Waals surface area contributed by atoms with Gasteiger partial charge in [-0.25, -0.2) is 27.7 Å². The maximum atomic E-state index is 15.7. The number of aliphatic hydroxyl groups is 1. The topological polar surface area (TPSA) is 149 Å². The van der Waals surface area contributed by atoms with Gasteiger partial charge in [0.25, 0.3) is 6.43 Å². The summed E-state index contributed by atoms with van der Waals surface area (Å²) in [5.41, 5.74) is 2.41. The number of alkyl carbamates (subject to hydrolysis) is 1. The lowest BCUT2D eigenvalue weighted by Crippen LogP contribution is -2.42. The van der Waals surface area contributed by atoms with Crippen LogP contribution in [0.4, 0.5) is 18.0 Å². The van der Waals surface area contributed by atoms with Gasteiger partial charge in [0.15, 0.2) is 5.89 Å². The van der Waals surface area contributed by atoms with Gasteiger partial charge in [0.05, 0.1) is 29.4 Å². The number of aromatic nitrogens is 3. The number of methoxy groups -OCH3 is 1. The van der Waals surface area contributed by atoms with Gasteiger partial charge in [0, 0.05) is 36.4 Å². The molecule has 2 unspecified atom stereocenters. The smallest absolute Gasteiger partial charge is 0.408 e. The van der Waals surface area contributed by atoms with Crippen molar-refractivity contribution in [2.24, 2.45) is 5.41 Å². The monoisotopic (exact) mass is 708 g/mol. The van der Waals surface area contributed by atoms with Gasteiger partial charge in [-0.3, -0.25) is 4.98 Å². The molecule has 2 aromatic carbocycles. The molecule has 0 fully saturated rings. The zero-order chi connectivity index (χ0) is 36.9. The fourth-order valence-corrected chi connectivity index (χ4v) is 5.79. The lowest BCUT2D eigenvalue weighted by molar-refractivity contribution is -0.139. The van der Waals surface area contributed by atoms with Crippen LogP contribution in [-0.4, -0.2) is 63.0 Å². The number of hydrogen-bond donors (Lipinski definition) is 3. The van der Waals surface area contributed by atoms with Crippen LogP contribution < -0.4 is 5.32 Å². The quantitative estimate of drug-likeness (QED) is 0.102. The highest BCUT2D eigenvalue weighted by Crippen LogP contribution is 2.44. The number of ether oxygens (including phenoxy) is 2. The Morgan fingerprint density at radius 2 is 1.82 bits per heavy atom. The number of rotatable bonds is 15. The first kappa shape index (κ1) is 37.1. The van der Waals surface area contributed by atoms with Crippen LogP contribution in [0.5, 0.6) is 0 Å². The number of fused-ring (bicyclic) bond motifs is 1. The van der Waals surface area contributed by atoms with E-state index in [9.17, 15) is 28.6 Å². The molecule has 3 N–H and O–H groups in total. The number of carboxylic acids is 1. The number of aliphatic hydroxyl groups excluding tert-OH is 1. The van der Waals surface area contributed by atoms with E-state index in [1.807, 2.05) is 6.07 Å². The Balaban J connectivity index is 1.54. The van der Waals surface area contributed by atoms with Crippen LogP contribution in [0.2, 0.25) is 0 Å². The number of pyridine rings is 1. The lowest BCUT2D eigenvalue weighted by atomic mass is 9.84. The average Bonchev–Trinajstić information content (AvgIpc) is 3.72. The van der Waals surface area contributed by atoms with Gasteiger partial charge in [-0.2, -0.15) is 0 Å². The summed E-state index contributed by atoms with van der Waals surface area (Å²) >= 11 is 0. The van der Waals surface area contributed by atoms with Gasteiger partial charge in [-0.15, -0.1) is 0 Å². The lowest BCUT2D eigenvalue weighted by Gasteiger charge is -2.24. The van der Waals surface area contributed by atoms with Crippen LogP contribution in [0.15, 0.2) is 77.5 Å². The van der Waals surface area contributed by atoms with Crippen LogP contribution in [0.25, 0.3) is 33.4 Å². The maximum Gasteiger partial charge on any atom is 0.408 e. The molecule has 0 saturated carbocycles. The van der Waals surface area contributed by atoms with E-state index in [4.69, 9.17) is 13.9 Å². The summed E-state index contributed by atoms with van der Waals surface area (Å²) < 4.78 is 61.3. The molecule has 1 amide bonds. The minimum absolute atomic E-state index is 0.00386. The first-order chi connectivity index (χ1) is 24.3. The van der Waals surface area contributed by atoms with E-state index in [-0.39, 0.29) is 48.9 Å². The van der Waals surface area contributed by atoms with E-state index in [2.05, 4.69) is 15.3 Å². The minimum atomic E-state index is -3.36. The summed E-state index contributed by atoms with van der Waals surface area (Å²) in [5.74, 6) is -1.34. The number of carboxylic acid groups (broad SMARTS) is 1. The standard InChI is InChI=1S/C37H39F3N4O7/c1-21(49-4)31-24(11-8-14-41-31)32-26(17-37(2,3)20-45)25-15-23(12-13-29(25)44(32)34(40)33(38)39)28-19-50-30(42-28)16-27(35(46)47)43-36(48)51-18-22-9-6-5-7-10-22/h5-15,19,21,27,33-34,45H,16-18,20H2,1-4H3,(H,43,48)(H,46,47)/t21-,27?,34?/m0/s1. The third-order valence-electron chi connectivity index (χ3n) is 8.51. The normalized spacial score (nSPS) is 13.7. The number of oxazole rings is 1. The molecular weight excluding hydrogens is 669 g/mol. The van der Waals surface area contributed by atoms with Gasteiger partial charge in [0.2, 0.25) is 6.30 Å². The third kappa shape index (κ3) is 8.40. The fraction of sp³-hybridized carbons (Fsp3) is 0.351. The highest BCUT2D eigenvalue weighted by Gasteiger charge is 2.33. The molecule has 5 aromatic rings. The number of nitrogens with zero attached hydrogens (tertiary/aromatic N) is 3. The molecule has 0 radical (unpaired) electrons. The number of hydrogen-bond acceptors (Lipinski definition) is 8. The maximum absolute atomic E-state index is 15.7. The predicted octanol–water partition coefficient (Wildman–Crippen LogP) is 7.28. The van der Waals surface area contributed by atoms with Crippen molar-refractivity contribution in [1.82, 2.24) is 19.9 Å². The summed E-state index contributed by atoms with van der Waals surface area (Å²) in [5, 5.41) is 22.7. The Morgan fingerprint density at radius 1 is 1.08 bits per heavy atom. The summed E-state index contributed by atoms with van der Waals surface area (Å²) in [6.45, 7) is 5.06. The van der Waals surface area contributed by atoms with E-state index >= 15 is 4.39 Å².